The van der Waals surface area contributed by atoms with E-state index in [9.17, 15) is 14.7 Å². The average Bonchev–Trinajstić information content (AvgIpc) is 3.13. The first-order valence-corrected chi connectivity index (χ1v) is 11.2. The predicted molar refractivity (Wildman–Crippen MR) is 131 cm³/mol. The number of rotatable bonds is 7. The first-order chi connectivity index (χ1) is 16.5. The molecule has 1 N–H and O–H groups in total. The van der Waals surface area contributed by atoms with E-state index in [1.54, 1.807) is 48.5 Å². The number of methoxy groups -OCH3 is 1. The zero-order valence-corrected chi connectivity index (χ0v) is 19.4. The number of hydrogen-bond acceptors (Lipinski definition) is 5. The molecule has 34 heavy (non-hydrogen) atoms. The van der Waals surface area contributed by atoms with Gasteiger partial charge >= 0.3 is 0 Å². The summed E-state index contributed by atoms with van der Waals surface area (Å²) in [7, 11) is 1.53. The second kappa shape index (κ2) is 9.83. The van der Waals surface area contributed by atoms with E-state index in [1.807, 2.05) is 38.1 Å². The zero-order chi connectivity index (χ0) is 24.2. The summed E-state index contributed by atoms with van der Waals surface area (Å²) in [6.07, 6.45) is 0.878. The van der Waals surface area contributed by atoms with Crippen molar-refractivity contribution in [1.82, 2.24) is 0 Å². The van der Waals surface area contributed by atoms with Crippen LogP contribution in [-0.4, -0.2) is 30.5 Å². The molecule has 4 rings (SSSR count). The number of amides is 1. The summed E-state index contributed by atoms with van der Waals surface area (Å²) in [5.74, 6) is -0.518. The molecule has 0 radical (unpaired) electrons. The van der Waals surface area contributed by atoms with Crippen LogP contribution in [-0.2, 0) is 9.59 Å². The number of ketones is 1. The van der Waals surface area contributed by atoms with Gasteiger partial charge in [0, 0.05) is 16.8 Å². The largest absolute Gasteiger partial charge is 0.507 e. The summed E-state index contributed by atoms with van der Waals surface area (Å²) in [4.78, 5) is 28.0. The summed E-state index contributed by atoms with van der Waals surface area (Å²) in [5, 5.41) is 11.3. The van der Waals surface area contributed by atoms with Crippen LogP contribution in [0.4, 0.5) is 5.69 Å². The monoisotopic (exact) mass is 457 g/mol. The van der Waals surface area contributed by atoms with Gasteiger partial charge in [-0.1, -0.05) is 42.8 Å². The van der Waals surface area contributed by atoms with Crippen LogP contribution < -0.4 is 14.4 Å². The van der Waals surface area contributed by atoms with E-state index in [0.717, 1.165) is 12.0 Å². The van der Waals surface area contributed by atoms with E-state index < -0.39 is 17.7 Å². The topological polar surface area (TPSA) is 76.1 Å². The third-order valence-corrected chi connectivity index (χ3v) is 5.79. The van der Waals surface area contributed by atoms with E-state index in [0.29, 0.717) is 34.9 Å². The Hall–Kier alpha value is -4.06. The Kier molecular flexibility index (Phi) is 6.68. The van der Waals surface area contributed by atoms with Gasteiger partial charge in [-0.15, -0.1) is 0 Å². The second-order valence-electron chi connectivity index (χ2n) is 8.12. The summed E-state index contributed by atoms with van der Waals surface area (Å²) >= 11 is 0. The van der Waals surface area contributed by atoms with Crippen molar-refractivity contribution >= 4 is 23.1 Å². The maximum Gasteiger partial charge on any atom is 0.300 e. The van der Waals surface area contributed by atoms with Crippen LogP contribution in [0.2, 0.25) is 0 Å². The van der Waals surface area contributed by atoms with Gasteiger partial charge in [-0.05, 0) is 55.8 Å². The summed E-state index contributed by atoms with van der Waals surface area (Å²) in [5.41, 5.74) is 2.63. The van der Waals surface area contributed by atoms with E-state index in [4.69, 9.17) is 9.47 Å². The molecule has 174 valence electrons. The van der Waals surface area contributed by atoms with Gasteiger partial charge in [-0.25, -0.2) is 0 Å². The van der Waals surface area contributed by atoms with Crippen LogP contribution >= 0.6 is 0 Å². The minimum atomic E-state index is -0.852. The number of carbonyl (C=O) groups is 2. The first-order valence-electron chi connectivity index (χ1n) is 11.2. The van der Waals surface area contributed by atoms with E-state index >= 15 is 0 Å². The maximum atomic E-state index is 13.3. The molecule has 1 saturated heterocycles. The number of para-hydroxylation sites is 1. The van der Waals surface area contributed by atoms with E-state index in [-0.39, 0.29) is 11.3 Å². The molecule has 1 heterocycles. The fourth-order valence-electron chi connectivity index (χ4n) is 4.08. The molecule has 1 aliphatic heterocycles. The first kappa shape index (κ1) is 23.1. The van der Waals surface area contributed by atoms with Gasteiger partial charge in [-0.2, -0.15) is 0 Å². The van der Waals surface area contributed by atoms with Crippen LogP contribution in [0.15, 0.2) is 78.4 Å². The number of ether oxygens (including phenoxy) is 2. The fourth-order valence-corrected chi connectivity index (χ4v) is 4.08. The summed E-state index contributed by atoms with van der Waals surface area (Å²) in [6, 6.07) is 20.5. The number of anilines is 1. The second-order valence-corrected chi connectivity index (χ2v) is 8.12. The summed E-state index contributed by atoms with van der Waals surface area (Å²) < 4.78 is 11.2. The number of nitrogens with zero attached hydrogens (tertiary/aromatic N) is 1. The van der Waals surface area contributed by atoms with Gasteiger partial charge in [0.05, 0.1) is 25.3 Å². The lowest BCUT2D eigenvalue weighted by molar-refractivity contribution is -0.132. The van der Waals surface area contributed by atoms with Crippen LogP contribution in [0.5, 0.6) is 11.5 Å². The molecular weight excluding hydrogens is 430 g/mol. The number of aliphatic hydroxyl groups is 1. The van der Waals surface area contributed by atoms with Gasteiger partial charge in [0.1, 0.15) is 17.3 Å². The van der Waals surface area contributed by atoms with E-state index in [1.165, 1.54) is 12.0 Å². The highest BCUT2D eigenvalue weighted by Crippen LogP contribution is 2.44. The molecule has 1 aliphatic rings. The molecule has 6 heteroatoms. The minimum Gasteiger partial charge on any atom is -0.507 e. The number of aryl methyl sites for hydroxylation is 1. The van der Waals surface area contributed by atoms with Crippen LogP contribution in [0.1, 0.15) is 36.1 Å². The van der Waals surface area contributed by atoms with Gasteiger partial charge in [0.25, 0.3) is 11.7 Å². The van der Waals surface area contributed by atoms with Crippen LogP contribution in [0.25, 0.3) is 5.76 Å². The fraction of sp³-hybridized carbons (Fsp3) is 0.214. The van der Waals surface area contributed by atoms with Crippen molar-refractivity contribution in [3.05, 3.63) is 95.1 Å². The molecule has 0 bridgehead atoms. The predicted octanol–water partition coefficient (Wildman–Crippen LogP) is 5.42. The van der Waals surface area contributed by atoms with Crippen LogP contribution in [0.3, 0.4) is 0 Å². The van der Waals surface area contributed by atoms with Gasteiger partial charge in [-0.3, -0.25) is 14.5 Å². The minimum absolute atomic E-state index is 0.0114. The van der Waals surface area contributed by atoms with Crippen molar-refractivity contribution in [3.63, 3.8) is 0 Å². The highest BCUT2D eigenvalue weighted by molar-refractivity contribution is 6.51. The van der Waals surface area contributed by atoms with Crippen molar-refractivity contribution in [1.29, 1.82) is 0 Å². The molecule has 1 amide bonds. The number of carbonyl (C=O) groups excluding carboxylic acids is 2. The van der Waals surface area contributed by atoms with Gasteiger partial charge in [0.15, 0.2) is 0 Å². The zero-order valence-electron chi connectivity index (χ0n) is 19.4. The lowest BCUT2D eigenvalue weighted by atomic mass is 9.94. The molecule has 0 saturated carbocycles. The Morgan fingerprint density at radius 2 is 1.65 bits per heavy atom. The van der Waals surface area contributed by atoms with Crippen LogP contribution in [0, 0.1) is 6.92 Å². The average molecular weight is 458 g/mol. The molecule has 0 spiro atoms. The molecule has 0 aromatic heterocycles. The molecule has 6 nitrogen and oxygen atoms in total. The van der Waals surface area contributed by atoms with E-state index in [2.05, 4.69) is 0 Å². The standard InChI is InChI=1S/C28H27NO5/c1-4-17-34-21-15-11-19(12-16-21)26(30)24-25(22-7-5-6-8-23(22)33-3)29(28(32)27(24)31)20-13-9-18(2)10-14-20/h5-16,25,30H,4,17H2,1-3H3/b26-24-. The van der Waals surface area contributed by atoms with Crippen molar-refractivity contribution in [2.45, 2.75) is 26.3 Å². The third-order valence-electron chi connectivity index (χ3n) is 5.79. The highest BCUT2D eigenvalue weighted by atomic mass is 16.5. The van der Waals surface area contributed by atoms with Crippen molar-refractivity contribution in [2.24, 2.45) is 0 Å². The SMILES string of the molecule is CCCOc1ccc(/C(O)=C2/C(=O)C(=O)N(c3ccc(C)cc3)C2c2ccccc2OC)cc1. The third kappa shape index (κ3) is 4.27. The lowest BCUT2D eigenvalue weighted by Gasteiger charge is -2.26. The molecule has 3 aromatic carbocycles. The normalized spacial score (nSPS) is 17.1. The molecular formula is C28H27NO5. The van der Waals surface area contributed by atoms with Gasteiger partial charge < -0.3 is 14.6 Å². The van der Waals surface area contributed by atoms with Crippen molar-refractivity contribution in [3.8, 4) is 11.5 Å². The number of benzene rings is 3. The Bertz CT molecular complexity index is 1230. The van der Waals surface area contributed by atoms with Gasteiger partial charge in [0.2, 0.25) is 0 Å². The molecule has 1 fully saturated rings. The Morgan fingerprint density at radius 3 is 2.29 bits per heavy atom. The van der Waals surface area contributed by atoms with Crippen molar-refractivity contribution in [2.75, 3.05) is 18.6 Å². The number of aliphatic hydroxyl groups excluding tert-OH is 1. The number of hydrogen-bond donors (Lipinski definition) is 1. The van der Waals surface area contributed by atoms with Crippen molar-refractivity contribution < 1.29 is 24.2 Å². The maximum absolute atomic E-state index is 13.3. The summed E-state index contributed by atoms with van der Waals surface area (Å²) in [6.45, 7) is 4.55. The Morgan fingerprint density at radius 1 is 0.971 bits per heavy atom. The Balaban J connectivity index is 1.88. The molecule has 3 aromatic rings. The molecule has 0 aliphatic carbocycles. The Labute approximate surface area is 199 Å². The highest BCUT2D eigenvalue weighted by Gasteiger charge is 2.47. The molecule has 1 atom stereocenters. The quantitative estimate of drug-likeness (QED) is 0.291. The number of Topliss-reactive ketones (excluding diaryl/α,β-unsaturated/α-hetero) is 1. The smallest absolute Gasteiger partial charge is 0.300 e. The molecule has 1 unspecified atom stereocenters. The lowest BCUT2D eigenvalue weighted by Crippen LogP contribution is -2.29.